The number of aromatic nitrogens is 2. The number of thiophene rings is 1. The second kappa shape index (κ2) is 9.05. The summed E-state index contributed by atoms with van der Waals surface area (Å²) in [7, 11) is 1.64. The lowest BCUT2D eigenvalue weighted by Gasteiger charge is -2.11. The first-order chi connectivity index (χ1) is 11.2. The highest BCUT2D eigenvalue weighted by molar-refractivity contribution is 7.99. The van der Waals surface area contributed by atoms with Gasteiger partial charge in [0.15, 0.2) is 5.16 Å². The summed E-state index contributed by atoms with van der Waals surface area (Å²) in [5.41, 5.74) is 0.685. The lowest BCUT2D eigenvalue weighted by atomic mass is 10.4. The van der Waals surface area contributed by atoms with Crippen LogP contribution in [0.2, 0.25) is 0 Å². The van der Waals surface area contributed by atoms with Crippen LogP contribution >= 0.6 is 23.1 Å². The van der Waals surface area contributed by atoms with E-state index in [-0.39, 0.29) is 17.2 Å². The Morgan fingerprint density at radius 2 is 2.35 bits per heavy atom. The van der Waals surface area contributed by atoms with Crippen molar-refractivity contribution >= 4 is 39.2 Å². The smallest absolute Gasteiger partial charge is 0.272 e. The molecule has 23 heavy (non-hydrogen) atoms. The standard InChI is InChI=1S/C15H21N3O3S2/c1-3-7-18-14(20)13-11(5-9-22-13)17-15(18)23-10-12(19)16-6-4-8-21-2/h5,9H,3-4,6-8,10H2,1-2H3,(H,16,19). The van der Waals surface area contributed by atoms with Gasteiger partial charge in [-0.3, -0.25) is 14.2 Å². The maximum Gasteiger partial charge on any atom is 0.272 e. The van der Waals surface area contributed by atoms with Gasteiger partial charge in [0.1, 0.15) is 4.70 Å². The van der Waals surface area contributed by atoms with Crippen LogP contribution in [0.5, 0.6) is 0 Å². The number of nitrogens with one attached hydrogen (secondary N) is 1. The summed E-state index contributed by atoms with van der Waals surface area (Å²) in [6.45, 7) is 3.84. The molecule has 2 heterocycles. The molecular weight excluding hydrogens is 334 g/mol. The summed E-state index contributed by atoms with van der Waals surface area (Å²) in [5.74, 6) is 0.188. The van der Waals surface area contributed by atoms with Crippen molar-refractivity contribution in [3.63, 3.8) is 0 Å². The highest BCUT2D eigenvalue weighted by Crippen LogP contribution is 2.20. The Hall–Kier alpha value is -1.38. The minimum atomic E-state index is -0.0613. The molecule has 0 spiro atoms. The van der Waals surface area contributed by atoms with Crippen molar-refractivity contribution in [2.45, 2.75) is 31.5 Å². The fourth-order valence-corrected chi connectivity index (χ4v) is 3.71. The number of carbonyl (C=O) groups is 1. The number of fused-ring (bicyclic) bond motifs is 1. The Labute approximate surface area is 143 Å². The van der Waals surface area contributed by atoms with Crippen LogP contribution in [0.3, 0.4) is 0 Å². The van der Waals surface area contributed by atoms with E-state index in [9.17, 15) is 9.59 Å². The maximum absolute atomic E-state index is 12.5. The first-order valence-corrected chi connectivity index (χ1v) is 9.40. The van der Waals surface area contributed by atoms with Gasteiger partial charge in [-0.05, 0) is 24.3 Å². The first-order valence-electron chi connectivity index (χ1n) is 7.53. The van der Waals surface area contributed by atoms with E-state index in [1.54, 1.807) is 11.7 Å². The van der Waals surface area contributed by atoms with E-state index >= 15 is 0 Å². The van der Waals surface area contributed by atoms with Gasteiger partial charge in [0.2, 0.25) is 5.91 Å². The molecule has 0 aliphatic carbocycles. The van der Waals surface area contributed by atoms with Gasteiger partial charge in [-0.25, -0.2) is 4.98 Å². The zero-order valence-electron chi connectivity index (χ0n) is 13.3. The Morgan fingerprint density at radius 1 is 1.52 bits per heavy atom. The number of amides is 1. The molecule has 0 fully saturated rings. The van der Waals surface area contributed by atoms with E-state index in [4.69, 9.17) is 4.74 Å². The molecule has 0 aliphatic heterocycles. The van der Waals surface area contributed by atoms with E-state index < -0.39 is 0 Å². The molecule has 0 atom stereocenters. The SMILES string of the molecule is CCCn1c(SCC(=O)NCCCOC)nc2ccsc2c1=O. The van der Waals surface area contributed by atoms with Gasteiger partial charge >= 0.3 is 0 Å². The fourth-order valence-electron chi connectivity index (χ4n) is 2.08. The van der Waals surface area contributed by atoms with Gasteiger partial charge in [-0.1, -0.05) is 18.7 Å². The molecule has 0 aliphatic rings. The Balaban J connectivity index is 2.05. The van der Waals surface area contributed by atoms with E-state index in [0.717, 1.165) is 12.8 Å². The summed E-state index contributed by atoms with van der Waals surface area (Å²) >= 11 is 2.71. The highest BCUT2D eigenvalue weighted by atomic mass is 32.2. The van der Waals surface area contributed by atoms with Crippen LogP contribution in [0.4, 0.5) is 0 Å². The molecule has 0 bridgehead atoms. The Morgan fingerprint density at radius 3 is 3.09 bits per heavy atom. The van der Waals surface area contributed by atoms with Crippen LogP contribution < -0.4 is 10.9 Å². The average Bonchev–Trinajstić information content (AvgIpc) is 3.01. The number of hydrogen-bond donors (Lipinski definition) is 1. The lowest BCUT2D eigenvalue weighted by Crippen LogP contribution is -2.28. The number of rotatable bonds is 9. The predicted octanol–water partition coefficient (Wildman–Crippen LogP) is 2.11. The first kappa shape index (κ1) is 18.0. The van der Waals surface area contributed by atoms with Gasteiger partial charge < -0.3 is 10.1 Å². The molecule has 1 amide bonds. The third kappa shape index (κ3) is 4.79. The topological polar surface area (TPSA) is 73.2 Å². The largest absolute Gasteiger partial charge is 0.385 e. The molecule has 2 aromatic rings. The van der Waals surface area contributed by atoms with Gasteiger partial charge in [0.05, 0.1) is 11.3 Å². The van der Waals surface area contributed by atoms with E-state index in [1.807, 2.05) is 18.4 Å². The van der Waals surface area contributed by atoms with Crippen molar-refractivity contribution in [2.75, 3.05) is 26.0 Å². The lowest BCUT2D eigenvalue weighted by molar-refractivity contribution is -0.118. The molecule has 2 rings (SSSR count). The maximum atomic E-state index is 12.5. The molecule has 0 saturated carbocycles. The predicted molar refractivity (Wildman–Crippen MR) is 94.4 cm³/mol. The molecule has 6 nitrogen and oxygen atoms in total. The molecule has 1 N–H and O–H groups in total. The van der Waals surface area contributed by atoms with Crippen molar-refractivity contribution in [3.8, 4) is 0 Å². The summed E-state index contributed by atoms with van der Waals surface area (Å²) in [5, 5.41) is 5.31. The van der Waals surface area contributed by atoms with Crippen LogP contribution in [0, 0.1) is 0 Å². The third-order valence-electron chi connectivity index (χ3n) is 3.16. The average molecular weight is 355 g/mol. The van der Waals surface area contributed by atoms with Crippen molar-refractivity contribution in [2.24, 2.45) is 0 Å². The summed E-state index contributed by atoms with van der Waals surface area (Å²) in [6, 6.07) is 1.84. The number of ether oxygens (including phenoxy) is 1. The molecule has 2 aromatic heterocycles. The molecular formula is C15H21N3O3S2. The van der Waals surface area contributed by atoms with Crippen LogP contribution in [0.15, 0.2) is 21.4 Å². The van der Waals surface area contributed by atoms with Crippen LogP contribution in [-0.2, 0) is 16.1 Å². The number of methoxy groups -OCH3 is 1. The van der Waals surface area contributed by atoms with Crippen LogP contribution in [0.25, 0.3) is 10.2 Å². The zero-order valence-corrected chi connectivity index (χ0v) is 15.0. The summed E-state index contributed by atoms with van der Waals surface area (Å²) in [4.78, 5) is 28.9. The molecule has 0 radical (unpaired) electrons. The quantitative estimate of drug-likeness (QED) is 0.424. The minimum Gasteiger partial charge on any atom is -0.385 e. The molecule has 0 unspecified atom stereocenters. The zero-order chi connectivity index (χ0) is 16.7. The van der Waals surface area contributed by atoms with Gasteiger partial charge in [0, 0.05) is 26.8 Å². The van der Waals surface area contributed by atoms with E-state index in [0.29, 0.717) is 35.1 Å². The van der Waals surface area contributed by atoms with Crippen LogP contribution in [-0.4, -0.2) is 41.5 Å². The number of nitrogens with zero attached hydrogens (tertiary/aromatic N) is 2. The fraction of sp³-hybridized carbons (Fsp3) is 0.533. The van der Waals surface area contributed by atoms with Crippen molar-refractivity contribution < 1.29 is 9.53 Å². The normalized spacial score (nSPS) is 11.0. The second-order valence-corrected chi connectivity index (χ2v) is 6.83. The summed E-state index contributed by atoms with van der Waals surface area (Å²) < 4.78 is 7.28. The second-order valence-electron chi connectivity index (χ2n) is 4.97. The number of thioether (sulfide) groups is 1. The number of carbonyl (C=O) groups excluding carboxylic acids is 1. The van der Waals surface area contributed by atoms with Gasteiger partial charge in [-0.15, -0.1) is 11.3 Å². The van der Waals surface area contributed by atoms with Crippen LogP contribution in [0.1, 0.15) is 19.8 Å². The summed E-state index contributed by atoms with van der Waals surface area (Å²) in [6.07, 6.45) is 1.63. The molecule has 8 heteroatoms. The molecule has 0 saturated heterocycles. The van der Waals surface area contributed by atoms with Crippen molar-refractivity contribution in [1.82, 2.24) is 14.9 Å². The van der Waals surface area contributed by atoms with Gasteiger partial charge in [0.25, 0.3) is 5.56 Å². The Bertz CT molecular complexity index is 712. The monoisotopic (exact) mass is 355 g/mol. The van der Waals surface area contributed by atoms with Crippen molar-refractivity contribution in [3.05, 3.63) is 21.8 Å². The number of hydrogen-bond acceptors (Lipinski definition) is 6. The Kier molecular flexibility index (Phi) is 7.07. The van der Waals surface area contributed by atoms with E-state index in [2.05, 4.69) is 10.3 Å². The van der Waals surface area contributed by atoms with Gasteiger partial charge in [-0.2, -0.15) is 0 Å². The van der Waals surface area contributed by atoms with E-state index in [1.165, 1.54) is 23.1 Å². The molecule has 126 valence electrons. The van der Waals surface area contributed by atoms with Crippen molar-refractivity contribution in [1.29, 1.82) is 0 Å². The molecule has 0 aromatic carbocycles. The minimum absolute atomic E-state index is 0.0187. The third-order valence-corrected chi connectivity index (χ3v) is 5.03. The highest BCUT2D eigenvalue weighted by Gasteiger charge is 2.13.